The molecule has 2 atom stereocenters. The summed E-state index contributed by atoms with van der Waals surface area (Å²) in [6.07, 6.45) is 1.07. The van der Waals surface area contributed by atoms with Crippen LogP contribution < -0.4 is 5.32 Å². The number of benzene rings is 2. The van der Waals surface area contributed by atoms with Gasteiger partial charge in [0.05, 0.1) is 6.04 Å². The Bertz CT molecular complexity index is 624. The standard InChI is InChI=1S/C19H21N/c1-13(2)17-12-16-6-4-5-7-18(16)20-19(17)15-10-8-14(3)9-11-15/h4-11,17,19-20H,1,12H2,2-3H3/t17-,19+/m1/s1. The van der Waals surface area contributed by atoms with Crippen LogP contribution >= 0.6 is 0 Å². The lowest BCUT2D eigenvalue weighted by atomic mass is 9.80. The molecule has 1 heterocycles. The van der Waals surface area contributed by atoms with Gasteiger partial charge >= 0.3 is 0 Å². The van der Waals surface area contributed by atoms with Gasteiger partial charge in [-0.15, -0.1) is 0 Å². The van der Waals surface area contributed by atoms with Gasteiger partial charge in [-0.25, -0.2) is 0 Å². The lowest BCUT2D eigenvalue weighted by Gasteiger charge is -2.35. The van der Waals surface area contributed by atoms with E-state index in [0.717, 1.165) is 6.42 Å². The van der Waals surface area contributed by atoms with Crippen LogP contribution in [0.15, 0.2) is 60.7 Å². The van der Waals surface area contributed by atoms with E-state index in [1.54, 1.807) is 0 Å². The van der Waals surface area contributed by atoms with Crippen molar-refractivity contribution in [2.75, 3.05) is 5.32 Å². The normalized spacial score (nSPS) is 20.9. The van der Waals surface area contributed by atoms with Gasteiger partial charge in [0.2, 0.25) is 0 Å². The highest BCUT2D eigenvalue weighted by Gasteiger charge is 2.29. The third kappa shape index (κ3) is 2.36. The van der Waals surface area contributed by atoms with E-state index in [-0.39, 0.29) is 0 Å². The van der Waals surface area contributed by atoms with Crippen LogP contribution in [-0.4, -0.2) is 0 Å². The number of hydrogen-bond acceptors (Lipinski definition) is 1. The molecule has 20 heavy (non-hydrogen) atoms. The monoisotopic (exact) mass is 263 g/mol. The van der Waals surface area contributed by atoms with Crippen molar-refractivity contribution in [1.82, 2.24) is 0 Å². The maximum Gasteiger partial charge on any atom is 0.0582 e. The van der Waals surface area contributed by atoms with Crippen molar-refractivity contribution in [3.8, 4) is 0 Å². The number of nitrogens with one attached hydrogen (secondary N) is 1. The lowest BCUT2D eigenvalue weighted by Crippen LogP contribution is -2.28. The van der Waals surface area contributed by atoms with Crippen LogP contribution in [0.25, 0.3) is 0 Å². The van der Waals surface area contributed by atoms with Gasteiger partial charge in [0.1, 0.15) is 0 Å². The fraction of sp³-hybridized carbons (Fsp3) is 0.263. The van der Waals surface area contributed by atoms with Crippen molar-refractivity contribution in [3.05, 3.63) is 77.4 Å². The first-order valence-electron chi connectivity index (χ1n) is 7.21. The minimum Gasteiger partial charge on any atom is -0.377 e. The van der Waals surface area contributed by atoms with Gasteiger partial charge in [-0.2, -0.15) is 0 Å². The van der Waals surface area contributed by atoms with Gasteiger partial charge in [-0.1, -0.05) is 60.2 Å². The van der Waals surface area contributed by atoms with Crippen molar-refractivity contribution >= 4 is 5.69 Å². The quantitative estimate of drug-likeness (QED) is 0.760. The van der Waals surface area contributed by atoms with Gasteiger partial charge in [0, 0.05) is 11.6 Å². The summed E-state index contributed by atoms with van der Waals surface area (Å²) in [5, 5.41) is 3.70. The predicted molar refractivity (Wildman–Crippen MR) is 86.0 cm³/mol. The molecule has 2 aromatic rings. The van der Waals surface area contributed by atoms with Crippen molar-refractivity contribution in [2.45, 2.75) is 26.3 Å². The summed E-state index contributed by atoms with van der Waals surface area (Å²) in [5.74, 6) is 0.451. The Labute approximate surface area is 121 Å². The minimum absolute atomic E-state index is 0.322. The molecular weight excluding hydrogens is 242 g/mol. The van der Waals surface area contributed by atoms with Gasteiger partial charge in [0.25, 0.3) is 0 Å². The van der Waals surface area contributed by atoms with Crippen LogP contribution in [-0.2, 0) is 6.42 Å². The van der Waals surface area contributed by atoms with Crippen LogP contribution in [0, 0.1) is 12.8 Å². The Morgan fingerprint density at radius 2 is 1.80 bits per heavy atom. The molecule has 0 aliphatic carbocycles. The molecule has 0 bridgehead atoms. The van der Waals surface area contributed by atoms with Crippen LogP contribution in [0.4, 0.5) is 5.69 Å². The van der Waals surface area contributed by atoms with Crippen LogP contribution in [0.1, 0.15) is 29.7 Å². The maximum atomic E-state index is 4.21. The van der Waals surface area contributed by atoms with E-state index in [9.17, 15) is 0 Å². The molecule has 0 amide bonds. The molecule has 0 unspecified atom stereocenters. The van der Waals surface area contributed by atoms with Gasteiger partial charge in [0.15, 0.2) is 0 Å². The third-order valence-corrected chi connectivity index (χ3v) is 4.24. The molecule has 1 aliphatic heterocycles. The molecular formula is C19H21N. The topological polar surface area (TPSA) is 12.0 Å². The molecule has 1 nitrogen and oxygen atoms in total. The Kier molecular flexibility index (Phi) is 3.35. The van der Waals surface area contributed by atoms with E-state index in [2.05, 4.69) is 74.3 Å². The summed E-state index contributed by atoms with van der Waals surface area (Å²) < 4.78 is 0. The number of aryl methyl sites for hydroxylation is 1. The molecule has 1 heteroatoms. The highest BCUT2D eigenvalue weighted by atomic mass is 14.9. The summed E-state index contributed by atoms with van der Waals surface area (Å²) in [6, 6.07) is 17.8. The Morgan fingerprint density at radius 3 is 2.50 bits per heavy atom. The van der Waals surface area contributed by atoms with Crippen LogP contribution in [0.2, 0.25) is 0 Å². The zero-order valence-corrected chi connectivity index (χ0v) is 12.2. The largest absolute Gasteiger partial charge is 0.377 e. The van der Waals surface area contributed by atoms with Crippen LogP contribution in [0.5, 0.6) is 0 Å². The van der Waals surface area contributed by atoms with Crippen molar-refractivity contribution in [1.29, 1.82) is 0 Å². The molecule has 1 N–H and O–H groups in total. The molecule has 0 saturated carbocycles. The van der Waals surface area contributed by atoms with Gasteiger partial charge in [-0.3, -0.25) is 0 Å². The second kappa shape index (κ2) is 5.16. The Hall–Kier alpha value is -2.02. The summed E-state index contributed by atoms with van der Waals surface area (Å²) >= 11 is 0. The van der Waals surface area contributed by atoms with Gasteiger partial charge in [-0.05, 0) is 37.5 Å². The molecule has 102 valence electrons. The molecule has 0 spiro atoms. The van der Waals surface area contributed by atoms with Crippen molar-refractivity contribution in [2.24, 2.45) is 5.92 Å². The average Bonchev–Trinajstić information content (AvgIpc) is 2.46. The molecule has 0 radical (unpaired) electrons. The lowest BCUT2D eigenvalue weighted by molar-refractivity contribution is 0.505. The van der Waals surface area contributed by atoms with Crippen molar-refractivity contribution < 1.29 is 0 Å². The summed E-state index contributed by atoms with van der Waals surface area (Å²) in [4.78, 5) is 0. The van der Waals surface area contributed by atoms with Crippen molar-refractivity contribution in [3.63, 3.8) is 0 Å². The zero-order chi connectivity index (χ0) is 14.1. The summed E-state index contributed by atoms with van der Waals surface area (Å²) in [7, 11) is 0. The molecule has 1 aliphatic rings. The number of anilines is 1. The average molecular weight is 263 g/mol. The highest BCUT2D eigenvalue weighted by Crippen LogP contribution is 2.39. The van der Waals surface area contributed by atoms with E-state index in [1.165, 1.54) is 28.0 Å². The number of hydrogen-bond donors (Lipinski definition) is 1. The second-order valence-electron chi connectivity index (χ2n) is 5.85. The highest BCUT2D eigenvalue weighted by molar-refractivity contribution is 5.56. The van der Waals surface area contributed by atoms with E-state index in [4.69, 9.17) is 0 Å². The molecule has 2 aromatic carbocycles. The Morgan fingerprint density at radius 1 is 1.10 bits per heavy atom. The van der Waals surface area contributed by atoms with E-state index >= 15 is 0 Å². The summed E-state index contributed by atoms with van der Waals surface area (Å²) in [5.41, 5.74) is 6.55. The maximum absolute atomic E-state index is 4.21. The minimum atomic E-state index is 0.322. The fourth-order valence-electron chi connectivity index (χ4n) is 3.01. The number of para-hydroxylation sites is 1. The number of rotatable bonds is 2. The zero-order valence-electron chi connectivity index (χ0n) is 12.2. The van der Waals surface area contributed by atoms with E-state index in [1.807, 2.05) is 0 Å². The predicted octanol–water partition coefficient (Wildman–Crippen LogP) is 4.90. The Balaban J connectivity index is 2.00. The second-order valence-corrected chi connectivity index (χ2v) is 5.85. The molecule has 3 rings (SSSR count). The molecule has 0 aromatic heterocycles. The smallest absolute Gasteiger partial charge is 0.0582 e. The summed E-state index contributed by atoms with van der Waals surface area (Å²) in [6.45, 7) is 8.47. The SMILES string of the molecule is C=C(C)[C@H]1Cc2ccccc2N[C@H]1c1ccc(C)cc1. The fourth-order valence-corrected chi connectivity index (χ4v) is 3.01. The van der Waals surface area contributed by atoms with Crippen LogP contribution in [0.3, 0.4) is 0 Å². The van der Waals surface area contributed by atoms with E-state index < -0.39 is 0 Å². The number of fused-ring (bicyclic) bond motifs is 1. The van der Waals surface area contributed by atoms with E-state index in [0.29, 0.717) is 12.0 Å². The first-order valence-corrected chi connectivity index (χ1v) is 7.21. The first kappa shape index (κ1) is 13.0. The first-order chi connectivity index (χ1) is 9.65. The molecule has 0 fully saturated rings. The third-order valence-electron chi connectivity index (χ3n) is 4.24. The molecule has 0 saturated heterocycles. The van der Waals surface area contributed by atoms with Gasteiger partial charge < -0.3 is 5.32 Å².